The molecule has 1 N–H and O–H groups in total. The minimum atomic E-state index is -4.87. The molecule has 0 bridgehead atoms. The van der Waals surface area contributed by atoms with Crippen molar-refractivity contribution in [2.24, 2.45) is 0 Å². The Bertz CT molecular complexity index is 655. The summed E-state index contributed by atoms with van der Waals surface area (Å²) in [6.45, 7) is 0. The second kappa shape index (κ2) is 4.38. The van der Waals surface area contributed by atoms with Gasteiger partial charge in [-0.25, -0.2) is 9.78 Å². The number of hydrogen-bond acceptors (Lipinski definition) is 4. The molecule has 0 aliphatic rings. The number of carboxylic acids is 1. The molecule has 0 saturated carbocycles. The third-order valence-electron chi connectivity index (χ3n) is 2.36. The summed E-state index contributed by atoms with van der Waals surface area (Å²) in [5, 5.41) is 8.99. The van der Waals surface area contributed by atoms with Crippen LogP contribution >= 0.6 is 0 Å². The summed E-state index contributed by atoms with van der Waals surface area (Å²) in [6, 6.07) is 3.68. The second-order valence-electron chi connectivity index (χ2n) is 3.59. The number of ether oxygens (including phenoxy) is 1. The van der Waals surface area contributed by atoms with E-state index in [1.165, 1.54) is 19.2 Å². The smallest absolute Gasteiger partial charge is 0.434 e. The summed E-state index contributed by atoms with van der Waals surface area (Å²) >= 11 is 0. The molecule has 2 heterocycles. The molecule has 0 aliphatic heterocycles. The number of carbonyl (C=O) groups is 1. The van der Waals surface area contributed by atoms with Crippen LogP contribution in [0.1, 0.15) is 16.1 Å². The van der Waals surface area contributed by atoms with Gasteiger partial charge in [-0.1, -0.05) is 0 Å². The number of halogens is 3. The van der Waals surface area contributed by atoms with Crippen molar-refractivity contribution in [3.63, 3.8) is 0 Å². The molecule has 2 aromatic heterocycles. The zero-order valence-electron chi connectivity index (χ0n) is 9.52. The zero-order chi connectivity index (χ0) is 14.2. The molecular weight excluding hydrogens is 265 g/mol. The number of nitrogens with zero attached hydrogens (tertiary/aromatic N) is 2. The van der Waals surface area contributed by atoms with Gasteiger partial charge in [0.05, 0.1) is 12.7 Å². The Labute approximate surface area is 104 Å². The molecule has 0 fully saturated rings. The van der Waals surface area contributed by atoms with Crippen LogP contribution in [0.5, 0.6) is 5.88 Å². The highest BCUT2D eigenvalue weighted by atomic mass is 19.4. The Balaban J connectivity index is 2.77. The van der Waals surface area contributed by atoms with E-state index in [-0.39, 0.29) is 16.9 Å². The van der Waals surface area contributed by atoms with E-state index in [4.69, 9.17) is 9.84 Å². The highest BCUT2D eigenvalue weighted by Gasteiger charge is 2.38. The van der Waals surface area contributed by atoms with E-state index in [1.807, 2.05) is 0 Å². The van der Waals surface area contributed by atoms with Crippen molar-refractivity contribution >= 4 is 17.0 Å². The quantitative estimate of drug-likeness (QED) is 0.908. The summed E-state index contributed by atoms with van der Waals surface area (Å²) in [7, 11) is 1.31. The van der Waals surface area contributed by atoms with Gasteiger partial charge in [0.25, 0.3) is 0 Å². The van der Waals surface area contributed by atoms with Gasteiger partial charge in [-0.2, -0.15) is 18.2 Å². The summed E-state index contributed by atoms with van der Waals surface area (Å²) in [5.41, 5.74) is -2.61. The molecule has 0 spiro atoms. The van der Waals surface area contributed by atoms with Crippen molar-refractivity contribution in [2.45, 2.75) is 6.18 Å². The van der Waals surface area contributed by atoms with Crippen LogP contribution in [0.15, 0.2) is 18.2 Å². The molecule has 2 rings (SSSR count). The molecule has 2 aromatic rings. The topological polar surface area (TPSA) is 72.3 Å². The van der Waals surface area contributed by atoms with E-state index in [0.29, 0.717) is 0 Å². The lowest BCUT2D eigenvalue weighted by Crippen LogP contribution is -2.15. The number of methoxy groups -OCH3 is 1. The average molecular weight is 272 g/mol. The van der Waals surface area contributed by atoms with E-state index < -0.39 is 23.4 Å². The molecule has 0 amide bonds. The first-order valence-corrected chi connectivity index (χ1v) is 4.99. The van der Waals surface area contributed by atoms with Crippen LogP contribution in [0.4, 0.5) is 13.2 Å². The van der Waals surface area contributed by atoms with Crippen LogP contribution in [-0.4, -0.2) is 28.2 Å². The first kappa shape index (κ1) is 13.1. The largest absolute Gasteiger partial charge is 0.481 e. The van der Waals surface area contributed by atoms with E-state index in [2.05, 4.69) is 9.97 Å². The maximum Gasteiger partial charge on any atom is 0.434 e. The average Bonchev–Trinajstić information content (AvgIpc) is 2.35. The Morgan fingerprint density at radius 3 is 2.53 bits per heavy atom. The Hall–Kier alpha value is -2.38. The van der Waals surface area contributed by atoms with Crippen molar-refractivity contribution < 1.29 is 27.8 Å². The molecule has 0 unspecified atom stereocenters. The van der Waals surface area contributed by atoms with Gasteiger partial charge in [-0.15, -0.1) is 0 Å². The maximum atomic E-state index is 12.7. The second-order valence-corrected chi connectivity index (χ2v) is 3.59. The van der Waals surface area contributed by atoms with E-state index >= 15 is 0 Å². The van der Waals surface area contributed by atoms with Crippen LogP contribution in [-0.2, 0) is 6.18 Å². The number of aromatic nitrogens is 2. The maximum absolute atomic E-state index is 12.7. The van der Waals surface area contributed by atoms with Crippen molar-refractivity contribution in [1.29, 1.82) is 0 Å². The number of pyridine rings is 2. The van der Waals surface area contributed by atoms with Gasteiger partial charge in [0.1, 0.15) is 0 Å². The standard InChI is InChI=1S/C11H7F3N2O3/c1-19-7-3-2-5-4-6(10(17)18)8(11(12,13)14)16-9(5)15-7/h2-4H,1H3,(H,17,18). The first-order valence-electron chi connectivity index (χ1n) is 4.99. The lowest BCUT2D eigenvalue weighted by molar-refractivity contribution is -0.141. The van der Waals surface area contributed by atoms with Gasteiger partial charge in [0, 0.05) is 11.5 Å². The van der Waals surface area contributed by atoms with Crippen molar-refractivity contribution in [3.05, 3.63) is 29.5 Å². The van der Waals surface area contributed by atoms with Crippen LogP contribution in [0.2, 0.25) is 0 Å². The number of aromatic carboxylic acids is 1. The summed E-state index contributed by atoms with van der Waals surface area (Å²) in [5.74, 6) is -1.60. The lowest BCUT2D eigenvalue weighted by Gasteiger charge is -2.10. The molecule has 0 aromatic carbocycles. The highest BCUT2D eigenvalue weighted by Crippen LogP contribution is 2.32. The molecule has 19 heavy (non-hydrogen) atoms. The molecule has 8 heteroatoms. The highest BCUT2D eigenvalue weighted by molar-refractivity contribution is 5.93. The predicted octanol–water partition coefficient (Wildman–Crippen LogP) is 2.36. The number of carboxylic acid groups (broad SMARTS) is 1. The normalized spacial score (nSPS) is 11.6. The molecule has 0 radical (unpaired) electrons. The number of alkyl halides is 3. The molecule has 100 valence electrons. The van der Waals surface area contributed by atoms with Gasteiger partial charge in [0.2, 0.25) is 5.88 Å². The number of fused-ring (bicyclic) bond motifs is 1. The summed E-state index contributed by atoms with van der Waals surface area (Å²) in [6.07, 6.45) is -4.87. The van der Waals surface area contributed by atoms with Gasteiger partial charge >= 0.3 is 12.1 Å². The zero-order valence-corrected chi connectivity index (χ0v) is 9.52. The molecule has 0 atom stereocenters. The first-order chi connectivity index (χ1) is 8.82. The van der Waals surface area contributed by atoms with Gasteiger partial charge in [0.15, 0.2) is 11.3 Å². The Kier molecular flexibility index (Phi) is 3.01. The number of hydrogen-bond donors (Lipinski definition) is 1. The van der Waals surface area contributed by atoms with Gasteiger partial charge in [-0.3, -0.25) is 0 Å². The SMILES string of the molecule is COc1ccc2cc(C(=O)O)c(C(F)(F)F)nc2n1. The molecule has 5 nitrogen and oxygen atoms in total. The summed E-state index contributed by atoms with van der Waals surface area (Å²) in [4.78, 5) is 17.9. The fourth-order valence-corrected chi connectivity index (χ4v) is 1.53. The monoisotopic (exact) mass is 272 g/mol. The van der Waals surface area contributed by atoms with Crippen LogP contribution < -0.4 is 4.74 Å². The van der Waals surface area contributed by atoms with Crippen molar-refractivity contribution in [3.8, 4) is 5.88 Å². The van der Waals surface area contributed by atoms with E-state index in [9.17, 15) is 18.0 Å². The van der Waals surface area contributed by atoms with Gasteiger partial charge < -0.3 is 9.84 Å². The third kappa shape index (κ3) is 2.42. The Morgan fingerprint density at radius 2 is 2.00 bits per heavy atom. The van der Waals surface area contributed by atoms with E-state index in [0.717, 1.165) is 6.07 Å². The molecular formula is C11H7F3N2O3. The molecule has 0 saturated heterocycles. The minimum absolute atomic E-state index is 0.0937. The van der Waals surface area contributed by atoms with E-state index in [1.54, 1.807) is 0 Å². The predicted molar refractivity (Wildman–Crippen MR) is 58.1 cm³/mol. The molecule has 0 aliphatic carbocycles. The fourth-order valence-electron chi connectivity index (χ4n) is 1.53. The third-order valence-corrected chi connectivity index (χ3v) is 2.36. The van der Waals surface area contributed by atoms with Gasteiger partial charge in [-0.05, 0) is 12.1 Å². The summed E-state index contributed by atoms with van der Waals surface area (Å²) < 4.78 is 43.0. The lowest BCUT2D eigenvalue weighted by atomic mass is 10.1. The Morgan fingerprint density at radius 1 is 1.32 bits per heavy atom. The fraction of sp³-hybridized carbons (Fsp3) is 0.182. The van der Waals surface area contributed by atoms with Crippen molar-refractivity contribution in [2.75, 3.05) is 7.11 Å². The van der Waals surface area contributed by atoms with Crippen molar-refractivity contribution in [1.82, 2.24) is 9.97 Å². The van der Waals surface area contributed by atoms with Crippen LogP contribution in [0.25, 0.3) is 11.0 Å². The minimum Gasteiger partial charge on any atom is -0.481 e. The van der Waals surface area contributed by atoms with Crippen LogP contribution in [0.3, 0.4) is 0 Å². The van der Waals surface area contributed by atoms with Crippen LogP contribution in [0, 0.1) is 0 Å². The number of rotatable bonds is 2.